The molecule has 1 aromatic heterocycles. The summed E-state index contributed by atoms with van der Waals surface area (Å²) in [6.45, 7) is 8.90. The number of benzene rings is 5. The van der Waals surface area contributed by atoms with Crippen LogP contribution in [0.4, 0.5) is 0 Å². The Hall–Kier alpha value is -6.89. The zero-order valence-corrected chi connectivity index (χ0v) is 41.0. The first-order valence-electron chi connectivity index (χ1n) is 23.8. The molecule has 7 rings (SSSR count). The maximum atomic E-state index is 13.9. The standard InChI is InChI=1S/C57H63N5O6S/c1-6-49(43-13-9-7-10-14-43)53(44-15-11-8-12-16-44)45-26-28-48(29-27-45)68-32-31-61(5)52(65)33-41-19-17-40(18-20-41)23-30-51(64)60-54(38(2)3)57(67)62-36-47(63)34-50(62)56(66)58-35-42-21-24-46(25-22-42)55-39(4)59-37-69-55/h7-22,24-29,37-38,47,50,54,63H,6,23,30-36H2,1-5H3,(H,58,66)(H,60,64)/b53-49-/t47-,50+,54+/m1/s1. The van der Waals surface area contributed by atoms with Gasteiger partial charge < -0.3 is 30.3 Å². The second-order valence-electron chi connectivity index (χ2n) is 18.0. The van der Waals surface area contributed by atoms with Gasteiger partial charge in [-0.15, -0.1) is 11.3 Å². The van der Waals surface area contributed by atoms with Gasteiger partial charge in [0.05, 0.1) is 35.2 Å². The quantitative estimate of drug-likeness (QED) is 0.0650. The van der Waals surface area contributed by atoms with Crippen LogP contribution in [0.15, 0.2) is 139 Å². The topological polar surface area (TPSA) is 141 Å². The Kier molecular flexibility index (Phi) is 17.3. The highest BCUT2D eigenvalue weighted by Crippen LogP contribution is 2.35. The molecule has 2 heterocycles. The number of nitrogens with one attached hydrogen (secondary N) is 2. The van der Waals surface area contributed by atoms with Gasteiger partial charge in [-0.1, -0.05) is 142 Å². The molecule has 0 aliphatic carbocycles. The van der Waals surface area contributed by atoms with Crippen LogP contribution in [0.25, 0.3) is 21.6 Å². The third-order valence-corrected chi connectivity index (χ3v) is 13.6. The summed E-state index contributed by atoms with van der Waals surface area (Å²) in [5.74, 6) is -0.592. The molecule has 3 N–H and O–H groups in total. The lowest BCUT2D eigenvalue weighted by atomic mass is 9.88. The van der Waals surface area contributed by atoms with Crippen LogP contribution in [-0.2, 0) is 38.6 Å². The molecule has 1 fully saturated rings. The summed E-state index contributed by atoms with van der Waals surface area (Å²) in [7, 11) is 1.77. The molecule has 69 heavy (non-hydrogen) atoms. The lowest BCUT2D eigenvalue weighted by Crippen LogP contribution is -2.55. The zero-order valence-electron chi connectivity index (χ0n) is 40.2. The number of hydrogen-bond donors (Lipinski definition) is 3. The molecule has 1 aliphatic heterocycles. The molecule has 0 saturated carbocycles. The molecule has 12 heteroatoms. The number of allylic oxidation sites excluding steroid dienone is 1. The van der Waals surface area contributed by atoms with Crippen LogP contribution in [0, 0.1) is 12.8 Å². The van der Waals surface area contributed by atoms with Crippen molar-refractivity contribution in [2.75, 3.05) is 26.7 Å². The third-order valence-electron chi connectivity index (χ3n) is 12.7. The molecule has 0 radical (unpaired) electrons. The van der Waals surface area contributed by atoms with Gasteiger partial charge in [0.15, 0.2) is 0 Å². The van der Waals surface area contributed by atoms with Crippen molar-refractivity contribution in [3.63, 3.8) is 0 Å². The smallest absolute Gasteiger partial charge is 0.246 e. The Bertz CT molecular complexity index is 2680. The largest absolute Gasteiger partial charge is 0.492 e. The minimum absolute atomic E-state index is 0.0104. The summed E-state index contributed by atoms with van der Waals surface area (Å²) in [6.07, 6.45) is 0.956. The molecule has 11 nitrogen and oxygen atoms in total. The summed E-state index contributed by atoms with van der Waals surface area (Å²) in [4.78, 5) is 62.3. The molecule has 5 aromatic carbocycles. The highest BCUT2D eigenvalue weighted by Gasteiger charge is 2.42. The maximum Gasteiger partial charge on any atom is 0.246 e. The first-order valence-corrected chi connectivity index (χ1v) is 24.7. The van der Waals surface area contributed by atoms with Crippen LogP contribution in [-0.4, -0.2) is 88.5 Å². The average molecular weight is 946 g/mol. The SMILES string of the molecule is CC/C(=C(\c1ccccc1)c1ccc(OCCN(C)C(=O)Cc2ccc(CCC(=O)N[C@H](C(=O)N3C[C@H](O)C[C@H]3C(=O)NCc3ccc(-c4scnc4C)cc3)C(C)C)cc2)cc1)c1ccccc1. The van der Waals surface area contributed by atoms with E-state index in [1.165, 1.54) is 21.6 Å². The number of likely N-dealkylation sites (tertiary alicyclic amines) is 1. The van der Waals surface area contributed by atoms with E-state index in [1.807, 2.05) is 99.1 Å². The molecular formula is C57H63N5O6S. The lowest BCUT2D eigenvalue weighted by Gasteiger charge is -2.30. The van der Waals surface area contributed by atoms with Crippen LogP contribution in [0.5, 0.6) is 5.75 Å². The molecule has 3 atom stereocenters. The van der Waals surface area contributed by atoms with Crippen LogP contribution in [0.1, 0.15) is 79.1 Å². The van der Waals surface area contributed by atoms with Gasteiger partial charge in [-0.3, -0.25) is 19.2 Å². The predicted molar refractivity (Wildman–Crippen MR) is 274 cm³/mol. The number of ether oxygens (including phenoxy) is 1. The number of carbonyl (C=O) groups excluding carboxylic acids is 4. The second kappa shape index (κ2) is 23.9. The molecule has 1 saturated heterocycles. The predicted octanol–water partition coefficient (Wildman–Crippen LogP) is 8.92. The van der Waals surface area contributed by atoms with E-state index in [9.17, 15) is 24.3 Å². The number of β-amino-alcohol motifs (C(OH)–C–C–N with tert-alkyl or cyclic N) is 1. The van der Waals surface area contributed by atoms with E-state index in [2.05, 4.69) is 83.2 Å². The minimum Gasteiger partial charge on any atom is -0.492 e. The van der Waals surface area contributed by atoms with Crippen molar-refractivity contribution >= 4 is 46.1 Å². The number of nitrogens with zero attached hydrogens (tertiary/aromatic N) is 3. The van der Waals surface area contributed by atoms with Crippen LogP contribution < -0.4 is 15.4 Å². The Morgan fingerprint density at radius 2 is 1.45 bits per heavy atom. The molecule has 6 aromatic rings. The average Bonchev–Trinajstić information content (AvgIpc) is 3.99. The molecule has 0 unspecified atom stereocenters. The summed E-state index contributed by atoms with van der Waals surface area (Å²) in [5.41, 5.74) is 12.5. The Morgan fingerprint density at radius 1 is 0.826 bits per heavy atom. The van der Waals surface area contributed by atoms with Gasteiger partial charge in [0.2, 0.25) is 23.6 Å². The number of aliphatic hydroxyl groups excluding tert-OH is 1. The number of hydrogen-bond acceptors (Lipinski definition) is 8. The monoisotopic (exact) mass is 945 g/mol. The third kappa shape index (κ3) is 13.2. The van der Waals surface area contributed by atoms with E-state index in [0.717, 1.165) is 56.1 Å². The van der Waals surface area contributed by atoms with Gasteiger partial charge in [0.1, 0.15) is 24.4 Å². The van der Waals surface area contributed by atoms with Crippen molar-refractivity contribution in [1.82, 2.24) is 25.4 Å². The Balaban J connectivity index is 0.851. The molecule has 0 spiro atoms. The highest BCUT2D eigenvalue weighted by molar-refractivity contribution is 7.13. The van der Waals surface area contributed by atoms with Crippen LogP contribution in [0.2, 0.25) is 0 Å². The minimum atomic E-state index is -0.869. The lowest BCUT2D eigenvalue weighted by molar-refractivity contribution is -0.142. The Labute approximate surface area is 410 Å². The number of carbonyl (C=O) groups is 4. The first-order chi connectivity index (χ1) is 33.4. The summed E-state index contributed by atoms with van der Waals surface area (Å²) in [6, 6.07) is 42.9. The highest BCUT2D eigenvalue weighted by atomic mass is 32.1. The molecule has 0 bridgehead atoms. The second-order valence-corrected chi connectivity index (χ2v) is 18.8. The van der Waals surface area contributed by atoms with Crippen molar-refractivity contribution in [2.24, 2.45) is 5.92 Å². The normalized spacial score (nSPS) is 15.3. The van der Waals surface area contributed by atoms with Crippen LogP contribution >= 0.6 is 11.3 Å². The number of aromatic nitrogens is 1. The van der Waals surface area contributed by atoms with E-state index < -0.39 is 24.1 Å². The number of aryl methyl sites for hydroxylation is 2. The number of rotatable bonds is 20. The molecule has 358 valence electrons. The van der Waals surface area contributed by atoms with E-state index in [4.69, 9.17) is 4.74 Å². The summed E-state index contributed by atoms with van der Waals surface area (Å²) < 4.78 is 6.09. The fourth-order valence-electron chi connectivity index (χ4n) is 8.72. The van der Waals surface area contributed by atoms with Gasteiger partial charge in [-0.05, 0) is 87.9 Å². The number of amides is 4. The van der Waals surface area contributed by atoms with Crippen molar-refractivity contribution < 1.29 is 29.0 Å². The van der Waals surface area contributed by atoms with Crippen molar-refractivity contribution in [3.05, 3.63) is 178 Å². The van der Waals surface area contributed by atoms with Gasteiger partial charge in [-0.2, -0.15) is 0 Å². The maximum absolute atomic E-state index is 13.9. The van der Waals surface area contributed by atoms with E-state index in [1.54, 1.807) is 23.3 Å². The fourth-order valence-corrected chi connectivity index (χ4v) is 9.53. The van der Waals surface area contributed by atoms with Gasteiger partial charge in [0.25, 0.3) is 0 Å². The molecule has 1 aliphatic rings. The van der Waals surface area contributed by atoms with Gasteiger partial charge in [0, 0.05) is 33.0 Å². The Morgan fingerprint density at radius 3 is 2.07 bits per heavy atom. The zero-order chi connectivity index (χ0) is 48.9. The number of thiazole rings is 1. The summed E-state index contributed by atoms with van der Waals surface area (Å²) >= 11 is 1.58. The van der Waals surface area contributed by atoms with E-state index in [0.29, 0.717) is 19.6 Å². The van der Waals surface area contributed by atoms with Gasteiger partial charge in [-0.25, -0.2) is 4.98 Å². The first kappa shape index (κ1) is 50.0. The van der Waals surface area contributed by atoms with Crippen molar-refractivity contribution in [3.8, 4) is 16.2 Å². The van der Waals surface area contributed by atoms with Crippen LogP contribution in [0.3, 0.4) is 0 Å². The number of likely N-dealkylation sites (N-methyl/N-ethyl adjacent to an activating group) is 1. The van der Waals surface area contributed by atoms with Crippen molar-refractivity contribution in [2.45, 2.75) is 84.5 Å². The molecular weight excluding hydrogens is 883 g/mol. The number of aliphatic hydroxyl groups is 1. The van der Waals surface area contributed by atoms with E-state index >= 15 is 0 Å². The van der Waals surface area contributed by atoms with E-state index in [-0.39, 0.29) is 56.0 Å². The molecule has 4 amide bonds. The van der Waals surface area contributed by atoms with Gasteiger partial charge >= 0.3 is 0 Å². The summed E-state index contributed by atoms with van der Waals surface area (Å²) in [5, 5.41) is 16.4. The fraction of sp³-hybridized carbons (Fsp3) is 0.316. The van der Waals surface area contributed by atoms with Crippen molar-refractivity contribution in [1.29, 1.82) is 0 Å².